The number of benzene rings is 1. The Bertz CT molecular complexity index is 475. The van der Waals surface area contributed by atoms with E-state index in [4.69, 9.17) is 9.47 Å². The zero-order valence-corrected chi connectivity index (χ0v) is 14.4. The van der Waals surface area contributed by atoms with Gasteiger partial charge in [-0.1, -0.05) is 18.2 Å². The minimum Gasteiger partial charge on any atom is -0.493 e. The third kappa shape index (κ3) is 6.22. The molecule has 0 unspecified atom stereocenters. The van der Waals surface area contributed by atoms with Crippen molar-refractivity contribution >= 4 is 5.91 Å². The fourth-order valence-electron chi connectivity index (χ4n) is 2.97. The topological polar surface area (TPSA) is 47.6 Å². The van der Waals surface area contributed by atoms with E-state index in [1.165, 1.54) is 0 Å². The molecule has 0 bridgehead atoms. The average molecular weight is 319 g/mol. The highest BCUT2D eigenvalue weighted by molar-refractivity contribution is 5.75. The van der Waals surface area contributed by atoms with Crippen LogP contribution in [0.5, 0.6) is 5.75 Å². The number of hydrogen-bond donors (Lipinski definition) is 1. The first-order valence-corrected chi connectivity index (χ1v) is 8.70. The van der Waals surface area contributed by atoms with Gasteiger partial charge in [-0.15, -0.1) is 0 Å². The number of carbonyl (C=O) groups is 1. The lowest BCUT2D eigenvalue weighted by Gasteiger charge is -2.21. The van der Waals surface area contributed by atoms with Gasteiger partial charge in [0.15, 0.2) is 0 Å². The molecule has 23 heavy (non-hydrogen) atoms. The summed E-state index contributed by atoms with van der Waals surface area (Å²) in [5, 5.41) is 3.02. The Morgan fingerprint density at radius 3 is 2.65 bits per heavy atom. The van der Waals surface area contributed by atoms with E-state index in [9.17, 15) is 4.79 Å². The van der Waals surface area contributed by atoms with E-state index in [0.717, 1.165) is 62.3 Å². The van der Waals surface area contributed by atoms with E-state index < -0.39 is 0 Å². The first-order chi connectivity index (χ1) is 11.2. The van der Waals surface area contributed by atoms with Gasteiger partial charge in [0.2, 0.25) is 5.91 Å². The van der Waals surface area contributed by atoms with Gasteiger partial charge in [0.1, 0.15) is 5.75 Å². The summed E-state index contributed by atoms with van der Waals surface area (Å²) in [5.41, 5.74) is 2.29. The molecule has 1 N–H and O–H groups in total. The maximum absolute atomic E-state index is 11.8. The molecule has 0 aliphatic carbocycles. The van der Waals surface area contributed by atoms with E-state index in [2.05, 4.69) is 5.32 Å². The lowest BCUT2D eigenvalue weighted by molar-refractivity contribution is -0.121. The Kier molecular flexibility index (Phi) is 7.40. The number of aryl methyl sites for hydroxylation is 2. The van der Waals surface area contributed by atoms with Crippen molar-refractivity contribution in [2.24, 2.45) is 5.92 Å². The van der Waals surface area contributed by atoms with Gasteiger partial charge in [-0.05, 0) is 56.6 Å². The number of rotatable bonds is 8. The molecule has 1 aliphatic rings. The minimum absolute atomic E-state index is 0.127. The van der Waals surface area contributed by atoms with Crippen LogP contribution in [0.1, 0.15) is 43.2 Å². The summed E-state index contributed by atoms with van der Waals surface area (Å²) in [6.45, 7) is 7.19. The van der Waals surface area contributed by atoms with E-state index in [1.807, 2.05) is 32.0 Å². The van der Waals surface area contributed by atoms with E-state index >= 15 is 0 Å². The SMILES string of the molecule is Cc1cccc(C)c1OCCCC(=O)NCCC1CCOCC1. The summed E-state index contributed by atoms with van der Waals surface area (Å²) in [6, 6.07) is 6.13. The normalized spacial score (nSPS) is 15.4. The summed E-state index contributed by atoms with van der Waals surface area (Å²) in [6.07, 6.45) is 4.59. The third-order valence-corrected chi connectivity index (χ3v) is 4.42. The van der Waals surface area contributed by atoms with Gasteiger partial charge in [0.05, 0.1) is 6.61 Å². The average Bonchev–Trinajstić information content (AvgIpc) is 2.55. The molecular formula is C19H29NO3. The molecule has 0 aromatic heterocycles. The van der Waals surface area contributed by atoms with Crippen LogP contribution in [0.2, 0.25) is 0 Å². The van der Waals surface area contributed by atoms with E-state index in [-0.39, 0.29) is 5.91 Å². The number of amides is 1. The summed E-state index contributed by atoms with van der Waals surface area (Å²) >= 11 is 0. The minimum atomic E-state index is 0.127. The predicted octanol–water partition coefficient (Wildman–Crippen LogP) is 3.40. The van der Waals surface area contributed by atoms with Gasteiger partial charge < -0.3 is 14.8 Å². The smallest absolute Gasteiger partial charge is 0.220 e. The van der Waals surface area contributed by atoms with Crippen LogP contribution in [-0.4, -0.2) is 32.3 Å². The lowest BCUT2D eigenvalue weighted by Crippen LogP contribution is -2.27. The van der Waals surface area contributed by atoms with Gasteiger partial charge in [0.25, 0.3) is 0 Å². The fourth-order valence-corrected chi connectivity index (χ4v) is 2.97. The van der Waals surface area contributed by atoms with Crippen molar-refractivity contribution in [2.75, 3.05) is 26.4 Å². The van der Waals surface area contributed by atoms with Gasteiger partial charge >= 0.3 is 0 Å². The van der Waals surface area contributed by atoms with Crippen LogP contribution in [0.3, 0.4) is 0 Å². The number of ether oxygens (including phenoxy) is 2. The molecular weight excluding hydrogens is 290 g/mol. The van der Waals surface area contributed by atoms with Crippen molar-refractivity contribution in [2.45, 2.75) is 46.0 Å². The highest BCUT2D eigenvalue weighted by Crippen LogP contribution is 2.22. The number of para-hydroxylation sites is 1. The van der Waals surface area contributed by atoms with Crippen LogP contribution in [0.25, 0.3) is 0 Å². The first kappa shape index (κ1) is 17.8. The van der Waals surface area contributed by atoms with Crippen LogP contribution in [0, 0.1) is 19.8 Å². The number of hydrogen-bond acceptors (Lipinski definition) is 3. The Morgan fingerprint density at radius 1 is 1.26 bits per heavy atom. The molecule has 4 nitrogen and oxygen atoms in total. The van der Waals surface area contributed by atoms with Crippen molar-refractivity contribution in [3.63, 3.8) is 0 Å². The quantitative estimate of drug-likeness (QED) is 0.747. The Hall–Kier alpha value is -1.55. The van der Waals surface area contributed by atoms with Crippen molar-refractivity contribution in [1.29, 1.82) is 0 Å². The van der Waals surface area contributed by atoms with Crippen molar-refractivity contribution in [3.8, 4) is 5.75 Å². The van der Waals surface area contributed by atoms with Crippen molar-refractivity contribution in [1.82, 2.24) is 5.32 Å². The molecule has 1 saturated heterocycles. The van der Waals surface area contributed by atoms with Crippen molar-refractivity contribution < 1.29 is 14.3 Å². The Morgan fingerprint density at radius 2 is 1.96 bits per heavy atom. The maximum atomic E-state index is 11.8. The molecule has 1 aromatic rings. The van der Waals surface area contributed by atoms with Crippen LogP contribution < -0.4 is 10.1 Å². The lowest BCUT2D eigenvalue weighted by atomic mass is 9.97. The summed E-state index contributed by atoms with van der Waals surface area (Å²) in [4.78, 5) is 11.8. The van der Waals surface area contributed by atoms with Crippen LogP contribution in [-0.2, 0) is 9.53 Å². The second-order valence-electron chi connectivity index (χ2n) is 6.37. The highest BCUT2D eigenvalue weighted by atomic mass is 16.5. The van der Waals surface area contributed by atoms with Crippen molar-refractivity contribution in [3.05, 3.63) is 29.3 Å². The number of nitrogens with one attached hydrogen (secondary N) is 1. The van der Waals surface area contributed by atoms with Crippen LogP contribution in [0.15, 0.2) is 18.2 Å². The largest absolute Gasteiger partial charge is 0.493 e. The summed E-state index contributed by atoms with van der Waals surface area (Å²) < 4.78 is 11.2. The molecule has 1 amide bonds. The molecule has 0 saturated carbocycles. The molecule has 1 fully saturated rings. The predicted molar refractivity (Wildman–Crippen MR) is 91.8 cm³/mol. The van der Waals surface area contributed by atoms with Crippen LogP contribution >= 0.6 is 0 Å². The maximum Gasteiger partial charge on any atom is 0.220 e. The van der Waals surface area contributed by atoms with Gasteiger partial charge in [-0.2, -0.15) is 0 Å². The Balaban J connectivity index is 1.56. The Labute approximate surface area is 139 Å². The standard InChI is InChI=1S/C19H29NO3/c1-15-5-3-6-16(2)19(15)23-12-4-7-18(21)20-11-8-17-9-13-22-14-10-17/h3,5-6,17H,4,7-14H2,1-2H3,(H,20,21). The van der Waals surface area contributed by atoms with Gasteiger partial charge in [-0.3, -0.25) is 4.79 Å². The summed E-state index contributed by atoms with van der Waals surface area (Å²) in [7, 11) is 0. The van der Waals surface area contributed by atoms with E-state index in [1.54, 1.807) is 0 Å². The highest BCUT2D eigenvalue weighted by Gasteiger charge is 2.13. The molecule has 4 heteroatoms. The second-order valence-corrected chi connectivity index (χ2v) is 6.37. The van der Waals surface area contributed by atoms with Gasteiger partial charge in [0, 0.05) is 26.2 Å². The molecule has 1 aromatic carbocycles. The number of carbonyl (C=O) groups excluding carboxylic acids is 1. The van der Waals surface area contributed by atoms with Crippen LogP contribution in [0.4, 0.5) is 0 Å². The second kappa shape index (κ2) is 9.56. The fraction of sp³-hybridized carbons (Fsp3) is 0.632. The molecule has 0 spiro atoms. The molecule has 0 atom stereocenters. The molecule has 1 aliphatic heterocycles. The third-order valence-electron chi connectivity index (χ3n) is 4.42. The molecule has 2 rings (SSSR count). The molecule has 0 radical (unpaired) electrons. The van der Waals surface area contributed by atoms with Gasteiger partial charge in [-0.25, -0.2) is 0 Å². The molecule has 128 valence electrons. The molecule has 1 heterocycles. The van der Waals surface area contributed by atoms with E-state index in [0.29, 0.717) is 18.9 Å². The summed E-state index contributed by atoms with van der Waals surface area (Å²) in [5.74, 6) is 1.78. The monoisotopic (exact) mass is 319 g/mol. The zero-order chi connectivity index (χ0) is 16.5. The zero-order valence-electron chi connectivity index (χ0n) is 14.4. The first-order valence-electron chi connectivity index (χ1n) is 8.70.